The van der Waals surface area contributed by atoms with Crippen LogP contribution in [0.1, 0.15) is 38.8 Å². The Morgan fingerprint density at radius 2 is 1.52 bits per heavy atom. The van der Waals surface area contributed by atoms with Gasteiger partial charge in [-0.15, -0.1) is 0 Å². The summed E-state index contributed by atoms with van der Waals surface area (Å²) in [5, 5.41) is 2.66. The van der Waals surface area contributed by atoms with E-state index in [-0.39, 0.29) is 23.3 Å². The van der Waals surface area contributed by atoms with E-state index in [0.717, 1.165) is 10.6 Å². The molecule has 4 rings (SSSR count). The second-order valence-electron chi connectivity index (χ2n) is 10.0. The number of nitrogens with one attached hydrogen (secondary N) is 1. The van der Waals surface area contributed by atoms with Crippen molar-refractivity contribution in [3.05, 3.63) is 88.5 Å². The first-order valence-electron chi connectivity index (χ1n) is 12.9. The van der Waals surface area contributed by atoms with Gasteiger partial charge in [-0.25, -0.2) is 9.69 Å². The number of barbiturate groups is 1. The molecule has 0 spiro atoms. The van der Waals surface area contributed by atoms with E-state index in [2.05, 4.69) is 38.2 Å². The number of imide groups is 2. The zero-order valence-corrected chi connectivity index (χ0v) is 23.6. The van der Waals surface area contributed by atoms with Crippen LogP contribution < -0.4 is 24.4 Å². The summed E-state index contributed by atoms with van der Waals surface area (Å²) in [6.45, 7) is 9.31. The standard InChI is InChI=1S/C31H31ClN2O6/c1-5-38-27-19-20(6-15-26(27)40-17-16-39-24-13-7-21(8-14-24)31(2,3)4)18-25-28(35)33-30(37)34(29(25)36)23-11-9-22(32)10-12-23/h6-15,18-19H,5,16-17H2,1-4H3,(H,33,35,37). The molecule has 0 aliphatic carbocycles. The van der Waals surface area contributed by atoms with Crippen molar-refractivity contribution in [1.82, 2.24) is 5.32 Å². The maximum Gasteiger partial charge on any atom is 0.335 e. The number of halogens is 1. The van der Waals surface area contributed by atoms with Crippen molar-refractivity contribution in [2.45, 2.75) is 33.1 Å². The van der Waals surface area contributed by atoms with Crippen molar-refractivity contribution in [3.8, 4) is 17.2 Å². The van der Waals surface area contributed by atoms with E-state index in [9.17, 15) is 14.4 Å². The van der Waals surface area contributed by atoms with Crippen molar-refractivity contribution in [1.29, 1.82) is 0 Å². The Morgan fingerprint density at radius 3 is 2.17 bits per heavy atom. The van der Waals surface area contributed by atoms with Gasteiger partial charge in [-0.1, -0.05) is 50.6 Å². The average molecular weight is 563 g/mol. The summed E-state index contributed by atoms with van der Waals surface area (Å²) in [7, 11) is 0. The normalized spacial score (nSPS) is 14.8. The topological polar surface area (TPSA) is 94.2 Å². The lowest BCUT2D eigenvalue weighted by molar-refractivity contribution is -0.122. The second-order valence-corrected chi connectivity index (χ2v) is 10.5. The Labute approximate surface area is 238 Å². The minimum absolute atomic E-state index is 0.0704. The number of amides is 4. The minimum Gasteiger partial charge on any atom is -0.490 e. The second kappa shape index (κ2) is 12.3. The largest absolute Gasteiger partial charge is 0.490 e. The first-order valence-corrected chi connectivity index (χ1v) is 13.2. The summed E-state index contributed by atoms with van der Waals surface area (Å²) in [6, 6.07) is 18.4. The van der Waals surface area contributed by atoms with Gasteiger partial charge in [0.05, 0.1) is 12.3 Å². The van der Waals surface area contributed by atoms with Crippen LogP contribution in [0.25, 0.3) is 6.08 Å². The Hall–Kier alpha value is -4.30. The molecule has 3 aromatic carbocycles. The highest BCUT2D eigenvalue weighted by Gasteiger charge is 2.36. The van der Waals surface area contributed by atoms with Crippen LogP contribution >= 0.6 is 11.6 Å². The number of nitrogens with zero attached hydrogens (tertiary/aromatic N) is 1. The van der Waals surface area contributed by atoms with Gasteiger partial charge in [-0.2, -0.15) is 0 Å². The number of anilines is 1. The van der Waals surface area contributed by atoms with Crippen molar-refractivity contribution in [2.75, 3.05) is 24.7 Å². The highest BCUT2D eigenvalue weighted by molar-refractivity contribution is 6.39. The average Bonchev–Trinajstić information content (AvgIpc) is 2.91. The van der Waals surface area contributed by atoms with E-state index in [0.29, 0.717) is 35.3 Å². The molecule has 1 N–H and O–H groups in total. The van der Waals surface area contributed by atoms with Gasteiger partial charge in [0.1, 0.15) is 24.5 Å². The quantitative estimate of drug-likeness (QED) is 0.191. The fourth-order valence-corrected chi connectivity index (χ4v) is 4.14. The summed E-state index contributed by atoms with van der Waals surface area (Å²) in [4.78, 5) is 39.0. The summed E-state index contributed by atoms with van der Waals surface area (Å²) in [5.74, 6) is 0.159. The summed E-state index contributed by atoms with van der Waals surface area (Å²) >= 11 is 5.92. The van der Waals surface area contributed by atoms with Crippen LogP contribution in [0.3, 0.4) is 0 Å². The van der Waals surface area contributed by atoms with Crippen molar-refractivity contribution < 1.29 is 28.6 Å². The molecule has 1 saturated heterocycles. The maximum absolute atomic E-state index is 13.1. The predicted molar refractivity (Wildman–Crippen MR) is 154 cm³/mol. The zero-order valence-electron chi connectivity index (χ0n) is 22.8. The molecule has 208 valence electrons. The lowest BCUT2D eigenvalue weighted by Crippen LogP contribution is -2.54. The molecule has 4 amide bonds. The molecule has 1 fully saturated rings. The van der Waals surface area contributed by atoms with Crippen LogP contribution in [-0.2, 0) is 15.0 Å². The number of carbonyl (C=O) groups excluding carboxylic acids is 3. The monoisotopic (exact) mass is 562 g/mol. The van der Waals surface area contributed by atoms with E-state index >= 15 is 0 Å². The van der Waals surface area contributed by atoms with Gasteiger partial charge in [0, 0.05) is 5.02 Å². The Balaban J connectivity index is 1.45. The van der Waals surface area contributed by atoms with Crippen LogP contribution in [0.4, 0.5) is 10.5 Å². The molecule has 0 atom stereocenters. The Morgan fingerprint density at radius 1 is 0.850 bits per heavy atom. The van der Waals surface area contributed by atoms with Crippen molar-refractivity contribution in [2.24, 2.45) is 0 Å². The molecule has 1 aliphatic heterocycles. The maximum atomic E-state index is 13.1. The molecule has 0 aromatic heterocycles. The summed E-state index contributed by atoms with van der Waals surface area (Å²) in [6.07, 6.45) is 1.41. The lowest BCUT2D eigenvalue weighted by Gasteiger charge is -2.26. The number of rotatable bonds is 9. The van der Waals surface area contributed by atoms with Gasteiger partial charge in [-0.3, -0.25) is 14.9 Å². The third-order valence-electron chi connectivity index (χ3n) is 6.10. The van der Waals surface area contributed by atoms with Crippen molar-refractivity contribution in [3.63, 3.8) is 0 Å². The smallest absolute Gasteiger partial charge is 0.335 e. The molecule has 0 bridgehead atoms. The molecule has 8 nitrogen and oxygen atoms in total. The number of hydrogen-bond acceptors (Lipinski definition) is 6. The highest BCUT2D eigenvalue weighted by atomic mass is 35.5. The minimum atomic E-state index is -0.833. The first-order chi connectivity index (χ1) is 19.1. The van der Waals surface area contributed by atoms with Gasteiger partial charge < -0.3 is 14.2 Å². The number of benzene rings is 3. The number of hydrogen-bond donors (Lipinski definition) is 1. The molecular formula is C31H31ClN2O6. The van der Waals surface area contributed by atoms with E-state index in [1.165, 1.54) is 23.8 Å². The van der Waals surface area contributed by atoms with Gasteiger partial charge in [-0.05, 0) is 78.1 Å². The summed E-state index contributed by atoms with van der Waals surface area (Å²) in [5.41, 5.74) is 1.91. The molecule has 1 aliphatic rings. The van der Waals surface area contributed by atoms with Gasteiger partial charge >= 0.3 is 6.03 Å². The van der Waals surface area contributed by atoms with E-state index in [4.69, 9.17) is 25.8 Å². The van der Waals surface area contributed by atoms with Gasteiger partial charge in [0.25, 0.3) is 11.8 Å². The fourth-order valence-electron chi connectivity index (χ4n) is 4.01. The molecule has 0 saturated carbocycles. The Kier molecular flexibility index (Phi) is 8.80. The highest BCUT2D eigenvalue weighted by Crippen LogP contribution is 2.31. The van der Waals surface area contributed by atoms with E-state index in [1.54, 1.807) is 30.3 Å². The zero-order chi connectivity index (χ0) is 28.9. The van der Waals surface area contributed by atoms with Crippen molar-refractivity contribution >= 4 is 41.2 Å². The van der Waals surface area contributed by atoms with Crippen LogP contribution in [0.15, 0.2) is 72.3 Å². The third-order valence-corrected chi connectivity index (χ3v) is 6.35. The van der Waals surface area contributed by atoms with Gasteiger partial charge in [0.15, 0.2) is 11.5 Å². The molecule has 0 radical (unpaired) electrons. The molecule has 0 unspecified atom stereocenters. The first kappa shape index (κ1) is 28.7. The molecule has 9 heteroatoms. The number of carbonyl (C=O) groups is 3. The lowest BCUT2D eigenvalue weighted by atomic mass is 9.87. The molecule has 1 heterocycles. The molecule has 40 heavy (non-hydrogen) atoms. The van der Waals surface area contributed by atoms with E-state index < -0.39 is 17.8 Å². The van der Waals surface area contributed by atoms with Crippen LogP contribution in [0.5, 0.6) is 17.2 Å². The van der Waals surface area contributed by atoms with Crippen LogP contribution in [0.2, 0.25) is 5.02 Å². The Bertz CT molecular complexity index is 1430. The molecule has 3 aromatic rings. The fraction of sp³-hybridized carbons (Fsp3) is 0.258. The van der Waals surface area contributed by atoms with Crippen LogP contribution in [-0.4, -0.2) is 37.7 Å². The number of ether oxygens (including phenoxy) is 3. The number of urea groups is 1. The predicted octanol–water partition coefficient (Wildman–Crippen LogP) is 6.16. The SMILES string of the molecule is CCOc1cc(C=C2C(=O)NC(=O)N(c3ccc(Cl)cc3)C2=O)ccc1OCCOc1ccc(C(C)(C)C)cc1. The molecular weight excluding hydrogens is 532 g/mol. The van der Waals surface area contributed by atoms with E-state index in [1.807, 2.05) is 19.1 Å². The van der Waals surface area contributed by atoms with Gasteiger partial charge in [0.2, 0.25) is 0 Å². The third kappa shape index (κ3) is 6.82. The van der Waals surface area contributed by atoms with Crippen LogP contribution in [0, 0.1) is 0 Å². The summed E-state index contributed by atoms with van der Waals surface area (Å²) < 4.78 is 17.4.